The quantitative estimate of drug-likeness (QED) is 0.377. The van der Waals surface area contributed by atoms with Gasteiger partial charge in [0.05, 0.1) is 0 Å². The Labute approximate surface area is 167 Å². The van der Waals surface area contributed by atoms with Gasteiger partial charge in [-0.15, -0.1) is 0 Å². The van der Waals surface area contributed by atoms with Crippen molar-refractivity contribution in [2.75, 3.05) is 22.3 Å². The number of rotatable bonds is 4. The summed E-state index contributed by atoms with van der Waals surface area (Å²) >= 11 is 4.94. The minimum absolute atomic E-state index is 0.0622. The van der Waals surface area contributed by atoms with E-state index in [2.05, 4.69) is 19.2 Å². The molecule has 0 unspecified atom stereocenters. The first kappa shape index (κ1) is 19.1. The third-order valence-electron chi connectivity index (χ3n) is 4.27. The van der Waals surface area contributed by atoms with Gasteiger partial charge in [-0.05, 0) is 0 Å². The van der Waals surface area contributed by atoms with Gasteiger partial charge in [0, 0.05) is 0 Å². The molecule has 2 aliphatic heterocycles. The first-order chi connectivity index (χ1) is 10.9. The molecule has 0 amide bonds. The summed E-state index contributed by atoms with van der Waals surface area (Å²) in [6.07, 6.45) is 2.08. The van der Waals surface area contributed by atoms with Crippen LogP contribution in [0.5, 0.6) is 0 Å². The molecule has 0 aromatic heterocycles. The summed E-state index contributed by atoms with van der Waals surface area (Å²) in [7, 11) is 0. The molecular formula is C17H23ClFI3N-. The van der Waals surface area contributed by atoms with Crippen molar-refractivity contribution in [2.24, 2.45) is 5.92 Å². The summed E-state index contributed by atoms with van der Waals surface area (Å²) in [5.41, 5.74) is 0.677. The summed E-state index contributed by atoms with van der Waals surface area (Å²) in [5, 5.41) is 3.69. The molecule has 23 heavy (non-hydrogen) atoms. The van der Waals surface area contributed by atoms with Crippen LogP contribution in [0.2, 0.25) is 0 Å². The van der Waals surface area contributed by atoms with E-state index in [9.17, 15) is 4.39 Å². The fourth-order valence-corrected chi connectivity index (χ4v) is 36.6. The third-order valence-corrected chi connectivity index (χ3v) is 33.7. The van der Waals surface area contributed by atoms with E-state index in [0.717, 1.165) is 26.9 Å². The van der Waals surface area contributed by atoms with E-state index in [1.165, 1.54) is 0 Å². The van der Waals surface area contributed by atoms with Crippen molar-refractivity contribution >= 4 is 54.3 Å². The van der Waals surface area contributed by atoms with E-state index in [4.69, 9.17) is 11.6 Å². The summed E-state index contributed by atoms with van der Waals surface area (Å²) < 4.78 is 20.8. The Kier molecular flexibility index (Phi) is 6.58. The molecule has 1 fully saturated rings. The zero-order valence-corrected chi connectivity index (χ0v) is 20.6. The van der Waals surface area contributed by atoms with Crippen molar-refractivity contribution < 1.29 is 25.6 Å². The van der Waals surface area contributed by atoms with E-state index < -0.39 is 18.0 Å². The standard InChI is InChI=1S/C17H23ClFI3N/c1-22(2)11-20-16(21-12-22)8-17(7-13(9-18)10-23-17)14-5-3-4-6-15(14)19/h3-6,11-13,16,23H,7-10H2,1-2H3/q-1/t13-,17+/m1/s1. The van der Waals surface area contributed by atoms with E-state index in [-0.39, 0.29) is 53.3 Å². The van der Waals surface area contributed by atoms with Crippen molar-refractivity contribution in [3.05, 3.63) is 35.6 Å². The van der Waals surface area contributed by atoms with Crippen molar-refractivity contribution in [3.8, 4) is 0 Å². The van der Waals surface area contributed by atoms with Crippen LogP contribution in [-0.4, -0.2) is 28.3 Å². The second-order valence-electron chi connectivity index (χ2n) is 6.56. The van der Waals surface area contributed by atoms with Gasteiger partial charge in [-0.1, -0.05) is 0 Å². The number of hydrogen-bond donors (Lipinski definition) is 1. The molecule has 0 bridgehead atoms. The number of halogens is 5. The molecular weight excluding hydrogens is 653 g/mol. The molecule has 3 rings (SSSR count). The fourth-order valence-electron chi connectivity index (χ4n) is 3.15. The van der Waals surface area contributed by atoms with Crippen LogP contribution in [0, 0.1) is 11.7 Å². The van der Waals surface area contributed by atoms with Gasteiger partial charge >= 0.3 is 169 Å². The van der Waals surface area contributed by atoms with Crippen LogP contribution in [0.15, 0.2) is 24.3 Å². The molecule has 0 spiro atoms. The van der Waals surface area contributed by atoms with Crippen LogP contribution in [0.25, 0.3) is 0 Å². The van der Waals surface area contributed by atoms with Crippen LogP contribution >= 0.6 is 50.3 Å². The Balaban J connectivity index is 1.88. The number of nitrogens with one attached hydrogen (secondary N) is 1. The molecule has 1 aromatic rings. The van der Waals surface area contributed by atoms with Gasteiger partial charge in [0.15, 0.2) is 0 Å². The van der Waals surface area contributed by atoms with Gasteiger partial charge in [0.2, 0.25) is 0 Å². The average molecular weight is 677 g/mol. The summed E-state index contributed by atoms with van der Waals surface area (Å²) in [6.45, 7) is 0.914. The van der Waals surface area contributed by atoms with Crippen LogP contribution in [-0.2, 0) is 5.54 Å². The molecule has 1 nitrogen and oxygen atoms in total. The van der Waals surface area contributed by atoms with Gasteiger partial charge < -0.3 is 0 Å². The van der Waals surface area contributed by atoms with Gasteiger partial charge in [-0.3, -0.25) is 0 Å². The van der Waals surface area contributed by atoms with E-state index in [1.807, 2.05) is 12.1 Å². The molecule has 0 aliphatic carbocycles. The Hall–Kier alpha value is 1.33. The Morgan fingerprint density at radius 3 is 2.83 bits per heavy atom. The molecule has 3 atom stereocenters. The molecule has 0 radical (unpaired) electrons. The first-order valence-electron chi connectivity index (χ1n) is 7.54. The van der Waals surface area contributed by atoms with E-state index in [0.29, 0.717) is 11.8 Å². The molecule has 0 saturated carbocycles. The summed E-state index contributed by atoms with van der Waals surface area (Å²) in [4.78, 5) is 4.98. The summed E-state index contributed by atoms with van der Waals surface area (Å²) in [6, 6.07) is 7.34. The maximum atomic E-state index is 14.5. The third kappa shape index (κ3) is 4.54. The second-order valence-corrected chi connectivity index (χ2v) is 28.8. The fraction of sp³-hybridized carbons (Fsp3) is 0.529. The second kappa shape index (κ2) is 7.92. The van der Waals surface area contributed by atoms with Crippen LogP contribution in [0.3, 0.4) is 0 Å². The molecule has 132 valence electrons. The van der Waals surface area contributed by atoms with E-state index in [1.54, 1.807) is 12.1 Å². The van der Waals surface area contributed by atoms with Gasteiger partial charge in [0.25, 0.3) is 0 Å². The van der Waals surface area contributed by atoms with Crippen molar-refractivity contribution in [3.63, 3.8) is 0 Å². The topological polar surface area (TPSA) is 12.0 Å². The normalized spacial score (nSPS) is 34.8. The van der Waals surface area contributed by atoms with Crippen LogP contribution in [0.4, 0.5) is 4.39 Å². The summed E-state index contributed by atoms with van der Waals surface area (Å²) in [5.74, 6) is 1.06. The molecule has 1 saturated heterocycles. The SMILES string of the molecule is CI1(C)=C[I-][C@@H](C[C@]2(c3ccccc3F)C[C@H](CCl)CN2)I=C1. The number of benzene rings is 1. The van der Waals surface area contributed by atoms with Crippen LogP contribution in [0.1, 0.15) is 18.4 Å². The monoisotopic (exact) mass is 676 g/mol. The molecule has 2 aliphatic rings. The molecule has 1 N–H and O–H groups in total. The molecule has 6 heteroatoms. The van der Waals surface area contributed by atoms with Crippen molar-refractivity contribution in [1.82, 2.24) is 5.32 Å². The zero-order chi connectivity index (χ0) is 16.5. The minimum atomic E-state index is -1.51. The first-order valence-corrected chi connectivity index (χ1v) is 19.9. The Morgan fingerprint density at radius 1 is 1.43 bits per heavy atom. The average Bonchev–Trinajstić information content (AvgIpc) is 2.94. The predicted octanol–water partition coefficient (Wildman–Crippen LogP) is 1.48. The van der Waals surface area contributed by atoms with Gasteiger partial charge in [0.1, 0.15) is 0 Å². The zero-order valence-electron chi connectivity index (χ0n) is 13.3. The van der Waals surface area contributed by atoms with Gasteiger partial charge in [-0.25, -0.2) is 0 Å². The molecule has 1 aromatic carbocycles. The molecule has 2 heterocycles. The number of alkyl halides is 5. The predicted molar refractivity (Wildman–Crippen MR) is 115 cm³/mol. The Morgan fingerprint density at radius 2 is 2.22 bits per heavy atom. The number of hydrogen-bond acceptors (Lipinski definition) is 1. The van der Waals surface area contributed by atoms with E-state index >= 15 is 0 Å². The maximum absolute atomic E-state index is 14.5. The van der Waals surface area contributed by atoms with Crippen molar-refractivity contribution in [2.45, 2.75) is 20.3 Å². The Bertz CT molecular complexity index is 657. The van der Waals surface area contributed by atoms with Crippen molar-refractivity contribution in [1.29, 1.82) is 0 Å². The van der Waals surface area contributed by atoms with Crippen LogP contribution < -0.4 is 26.5 Å². The van der Waals surface area contributed by atoms with Gasteiger partial charge in [-0.2, -0.15) is 0 Å².